The van der Waals surface area contributed by atoms with Gasteiger partial charge in [0.25, 0.3) is 0 Å². The lowest BCUT2D eigenvalue weighted by atomic mass is 9.65. The molecule has 1 aliphatic carbocycles. The molecule has 178 valence electrons. The molecule has 1 fully saturated rings. The third-order valence-electron chi connectivity index (χ3n) is 7.79. The zero-order chi connectivity index (χ0) is 24.7. The molecule has 2 aliphatic rings. The van der Waals surface area contributed by atoms with Crippen molar-refractivity contribution >= 4 is 30.4 Å². The molecule has 0 amide bonds. The second kappa shape index (κ2) is 8.78. The van der Waals surface area contributed by atoms with Crippen LogP contribution in [0, 0.1) is 0 Å². The average molecular weight is 482 g/mol. The van der Waals surface area contributed by atoms with E-state index in [1.807, 2.05) is 84.9 Å². The lowest BCUT2D eigenvalue weighted by Gasteiger charge is -2.42. The standard InChI is InChI=1S/C30H32BO3P/c1-28(2)29(3,4)34-31(33-28)30(22-14-17-25(23-30)24-15-8-5-9-16-24)35(32,26-18-10-6-11-19-26)27-20-12-7-13-21-27/h5-22H,23H2,1-4H3. The SMILES string of the molecule is CC1(C)OB(C2(P(=O)(c3ccccc3)c3ccccc3)C=CC=C(c3ccccc3)C2)OC1(C)C. The summed E-state index contributed by atoms with van der Waals surface area (Å²) in [5.41, 5.74) is 1.13. The molecule has 0 N–H and O–H groups in total. The molecule has 0 radical (unpaired) electrons. The summed E-state index contributed by atoms with van der Waals surface area (Å²) in [6.07, 6.45) is 6.78. The van der Waals surface area contributed by atoms with Crippen molar-refractivity contribution in [3.8, 4) is 0 Å². The molecule has 3 aromatic carbocycles. The molecule has 0 aromatic heterocycles. The summed E-state index contributed by atoms with van der Waals surface area (Å²) in [4.78, 5) is 0. The number of hydrogen-bond acceptors (Lipinski definition) is 3. The average Bonchev–Trinajstić information content (AvgIpc) is 3.12. The topological polar surface area (TPSA) is 35.5 Å². The minimum absolute atomic E-state index is 0.533. The van der Waals surface area contributed by atoms with E-state index in [0.29, 0.717) is 6.42 Å². The van der Waals surface area contributed by atoms with Gasteiger partial charge in [-0.05, 0) is 45.3 Å². The first-order valence-electron chi connectivity index (χ1n) is 12.2. The number of benzene rings is 3. The number of hydrogen-bond donors (Lipinski definition) is 0. The van der Waals surface area contributed by atoms with Gasteiger partial charge >= 0.3 is 7.12 Å². The summed E-state index contributed by atoms with van der Waals surface area (Å²) in [5, 5.41) is 0.681. The first-order chi connectivity index (χ1) is 16.7. The molecule has 1 heterocycles. The fourth-order valence-corrected chi connectivity index (χ4v) is 8.62. The van der Waals surface area contributed by atoms with Crippen LogP contribution in [0.15, 0.2) is 109 Å². The van der Waals surface area contributed by atoms with Gasteiger partial charge in [-0.2, -0.15) is 0 Å². The normalized spacial score (nSPS) is 23.2. The van der Waals surface area contributed by atoms with Crippen LogP contribution < -0.4 is 10.6 Å². The summed E-state index contributed by atoms with van der Waals surface area (Å²) in [5.74, 6) is 0. The van der Waals surface area contributed by atoms with E-state index < -0.39 is 30.5 Å². The lowest BCUT2D eigenvalue weighted by Crippen LogP contribution is -2.52. The zero-order valence-electron chi connectivity index (χ0n) is 20.8. The van der Waals surface area contributed by atoms with Crippen LogP contribution in [0.25, 0.3) is 5.57 Å². The molecule has 1 aliphatic heterocycles. The highest BCUT2D eigenvalue weighted by Crippen LogP contribution is 2.64. The Hall–Kier alpha value is -2.65. The highest BCUT2D eigenvalue weighted by Gasteiger charge is 2.66. The van der Waals surface area contributed by atoms with E-state index in [0.717, 1.165) is 21.7 Å². The third kappa shape index (κ3) is 3.89. The van der Waals surface area contributed by atoms with E-state index in [4.69, 9.17) is 9.31 Å². The molecule has 3 aromatic rings. The van der Waals surface area contributed by atoms with Gasteiger partial charge in [0, 0.05) is 10.6 Å². The predicted molar refractivity (Wildman–Crippen MR) is 147 cm³/mol. The molecular formula is C30H32BO3P. The first-order valence-corrected chi connectivity index (χ1v) is 13.9. The zero-order valence-corrected chi connectivity index (χ0v) is 21.7. The summed E-state index contributed by atoms with van der Waals surface area (Å²) < 4.78 is 29.3. The van der Waals surface area contributed by atoms with Gasteiger partial charge in [0.2, 0.25) is 0 Å². The molecule has 1 unspecified atom stereocenters. The Bertz CT molecular complexity index is 1240. The molecule has 35 heavy (non-hydrogen) atoms. The van der Waals surface area contributed by atoms with Crippen LogP contribution in [0.4, 0.5) is 0 Å². The Labute approximate surface area is 209 Å². The Morgan fingerprint density at radius 2 is 1.17 bits per heavy atom. The van der Waals surface area contributed by atoms with Crippen LogP contribution in [-0.4, -0.2) is 23.4 Å². The van der Waals surface area contributed by atoms with Crippen LogP contribution in [0.3, 0.4) is 0 Å². The van der Waals surface area contributed by atoms with Crippen LogP contribution in [0.2, 0.25) is 0 Å². The highest BCUT2D eigenvalue weighted by molar-refractivity contribution is 7.82. The van der Waals surface area contributed by atoms with Crippen molar-refractivity contribution in [2.45, 2.75) is 50.4 Å². The van der Waals surface area contributed by atoms with Crippen LogP contribution >= 0.6 is 7.14 Å². The van der Waals surface area contributed by atoms with Gasteiger partial charge in [-0.1, -0.05) is 109 Å². The summed E-state index contributed by atoms with van der Waals surface area (Å²) >= 11 is 0. The van der Waals surface area contributed by atoms with E-state index in [9.17, 15) is 0 Å². The third-order valence-corrected chi connectivity index (χ3v) is 11.5. The van der Waals surface area contributed by atoms with E-state index >= 15 is 4.57 Å². The second-order valence-electron chi connectivity index (χ2n) is 10.5. The van der Waals surface area contributed by atoms with E-state index in [1.54, 1.807) is 0 Å². The molecule has 1 atom stereocenters. The predicted octanol–water partition coefficient (Wildman–Crippen LogP) is 6.41. The van der Waals surface area contributed by atoms with Gasteiger partial charge in [-0.25, -0.2) is 0 Å². The first kappa shape index (κ1) is 24.1. The van der Waals surface area contributed by atoms with Gasteiger partial charge in [-0.3, -0.25) is 0 Å². The van der Waals surface area contributed by atoms with Gasteiger partial charge in [-0.15, -0.1) is 0 Å². The maximum atomic E-state index is 15.8. The summed E-state index contributed by atoms with van der Waals surface area (Å²) in [6, 6.07) is 30.0. The van der Waals surface area contributed by atoms with Crippen LogP contribution in [0.5, 0.6) is 0 Å². The van der Waals surface area contributed by atoms with Gasteiger partial charge in [0.1, 0.15) is 0 Å². The van der Waals surface area contributed by atoms with Crippen molar-refractivity contribution in [2.75, 3.05) is 0 Å². The highest BCUT2D eigenvalue weighted by atomic mass is 31.2. The summed E-state index contributed by atoms with van der Waals surface area (Å²) in [6.45, 7) is 8.21. The largest absolute Gasteiger partial charge is 0.477 e. The monoisotopic (exact) mass is 482 g/mol. The van der Waals surface area contributed by atoms with Crippen molar-refractivity contribution in [2.24, 2.45) is 0 Å². The molecular weight excluding hydrogens is 450 g/mol. The van der Waals surface area contributed by atoms with Gasteiger partial charge in [0.05, 0.1) is 16.3 Å². The lowest BCUT2D eigenvalue weighted by molar-refractivity contribution is 0.00578. The number of rotatable bonds is 5. The van der Waals surface area contributed by atoms with Gasteiger partial charge in [0.15, 0.2) is 7.14 Å². The Morgan fingerprint density at radius 3 is 1.66 bits per heavy atom. The Kier molecular flexibility index (Phi) is 6.04. The Morgan fingerprint density at radius 1 is 0.714 bits per heavy atom. The fraction of sp³-hybridized carbons (Fsp3) is 0.267. The molecule has 5 heteroatoms. The second-order valence-corrected chi connectivity index (χ2v) is 13.5. The van der Waals surface area contributed by atoms with Crippen LogP contribution in [-0.2, 0) is 13.9 Å². The van der Waals surface area contributed by atoms with Crippen molar-refractivity contribution in [3.63, 3.8) is 0 Å². The molecule has 0 spiro atoms. The maximum Gasteiger partial charge on any atom is 0.477 e. The minimum Gasteiger partial charge on any atom is -0.402 e. The van der Waals surface area contributed by atoms with Crippen molar-refractivity contribution in [1.29, 1.82) is 0 Å². The molecule has 0 bridgehead atoms. The minimum atomic E-state index is -3.33. The molecule has 1 saturated heterocycles. The molecule has 0 saturated carbocycles. The number of allylic oxidation sites excluding steroid dienone is 4. The smallest absolute Gasteiger partial charge is 0.402 e. The Balaban J connectivity index is 1.76. The fourth-order valence-electron chi connectivity index (χ4n) is 5.08. The maximum absolute atomic E-state index is 15.8. The van der Waals surface area contributed by atoms with E-state index in [1.165, 1.54) is 0 Å². The van der Waals surface area contributed by atoms with Crippen LogP contribution in [0.1, 0.15) is 39.7 Å². The van der Waals surface area contributed by atoms with Crippen molar-refractivity contribution in [3.05, 3.63) is 115 Å². The summed E-state index contributed by atoms with van der Waals surface area (Å²) in [7, 11) is -4.02. The van der Waals surface area contributed by atoms with Gasteiger partial charge < -0.3 is 13.9 Å². The van der Waals surface area contributed by atoms with Crippen molar-refractivity contribution in [1.82, 2.24) is 0 Å². The van der Waals surface area contributed by atoms with E-state index in [-0.39, 0.29) is 0 Å². The quantitative estimate of drug-likeness (QED) is 0.311. The van der Waals surface area contributed by atoms with Crippen molar-refractivity contribution < 1.29 is 13.9 Å². The van der Waals surface area contributed by atoms with E-state index in [2.05, 4.69) is 52.0 Å². The molecule has 3 nitrogen and oxygen atoms in total. The molecule has 5 rings (SSSR count).